The van der Waals surface area contributed by atoms with Crippen LogP contribution in [0.1, 0.15) is 59.9 Å². The Morgan fingerprint density at radius 2 is 1.72 bits per heavy atom. The van der Waals surface area contributed by atoms with Crippen LogP contribution in [0.3, 0.4) is 0 Å². The molecule has 2 N–H and O–H groups in total. The molecule has 0 spiro atoms. The number of nitriles is 1. The van der Waals surface area contributed by atoms with Gasteiger partial charge in [-0.2, -0.15) is 5.26 Å². The molecule has 46 heavy (non-hydrogen) atoms. The number of imidazole rings is 1. The van der Waals surface area contributed by atoms with Crippen molar-refractivity contribution in [2.75, 3.05) is 4.90 Å². The maximum absolute atomic E-state index is 14.3. The lowest BCUT2D eigenvalue weighted by Gasteiger charge is -2.27. The Morgan fingerprint density at radius 3 is 2.33 bits per heavy atom. The molecule has 2 aromatic heterocycles. The summed E-state index contributed by atoms with van der Waals surface area (Å²) in [4.78, 5) is 52.6. The van der Waals surface area contributed by atoms with Crippen LogP contribution in [0.5, 0.6) is 0 Å². The zero-order valence-corrected chi connectivity index (χ0v) is 28.2. The van der Waals surface area contributed by atoms with Crippen LogP contribution in [0, 0.1) is 15.0 Å². The third-order valence-electron chi connectivity index (χ3n) is 8.92. The standard InChI is InChI=1S/C33H26Cl2IN7O3/c1-31(16-19-5-7-20(17-37)8-6-19)29(46)42(23-14-21(34)13-22(35)15-23)30-38-18-24(43(30)31)27(44)40-33(11-12-33)28(45)41-32(9-10-32)25-3-2-4-26(36)39-25/h2-8,13-15,18H,9-12,16H2,1H3,(H,40,44)(H,41,45)/t31-/m1/s1. The third kappa shape index (κ3) is 5.22. The van der Waals surface area contributed by atoms with Crippen LogP contribution in [-0.4, -0.2) is 37.8 Å². The summed E-state index contributed by atoms with van der Waals surface area (Å²) in [5.74, 6) is -0.896. The zero-order valence-electron chi connectivity index (χ0n) is 24.5. The first-order chi connectivity index (χ1) is 22.0. The Balaban J connectivity index is 1.21. The van der Waals surface area contributed by atoms with Crippen LogP contribution in [0.15, 0.2) is 66.9 Å². The summed E-state index contributed by atoms with van der Waals surface area (Å²) >= 11 is 14.8. The number of nitrogens with zero attached hydrogens (tertiary/aromatic N) is 5. The molecule has 0 radical (unpaired) electrons. The number of hydrogen-bond acceptors (Lipinski definition) is 6. The second kappa shape index (κ2) is 11.1. The number of aromatic nitrogens is 3. The van der Waals surface area contributed by atoms with Crippen molar-refractivity contribution in [2.45, 2.75) is 55.6 Å². The molecule has 232 valence electrons. The quantitative estimate of drug-likeness (QED) is 0.173. The van der Waals surface area contributed by atoms with E-state index in [9.17, 15) is 19.6 Å². The number of carbonyl (C=O) groups is 3. The largest absolute Gasteiger partial charge is 0.343 e. The minimum Gasteiger partial charge on any atom is -0.343 e. The summed E-state index contributed by atoms with van der Waals surface area (Å²) in [5, 5.41) is 16.1. The molecule has 0 bridgehead atoms. The van der Waals surface area contributed by atoms with E-state index < -0.39 is 22.5 Å². The first-order valence-electron chi connectivity index (χ1n) is 14.6. The van der Waals surface area contributed by atoms with E-state index in [0.29, 0.717) is 34.1 Å². The van der Waals surface area contributed by atoms with Crippen molar-refractivity contribution < 1.29 is 14.4 Å². The molecule has 3 amide bonds. The number of pyridine rings is 1. The SMILES string of the molecule is C[C@@]1(Cc2ccc(C#N)cc2)C(=O)N(c2cc(Cl)cc(Cl)c2)c2ncc(C(=O)NC3(C(=O)NC4(c5cccc(I)n5)CC4)CC3)n21. The maximum Gasteiger partial charge on any atom is 0.270 e. The van der Waals surface area contributed by atoms with Gasteiger partial charge in [0, 0.05) is 16.5 Å². The predicted molar refractivity (Wildman–Crippen MR) is 180 cm³/mol. The van der Waals surface area contributed by atoms with Crippen molar-refractivity contribution >= 4 is 75.2 Å². The third-order valence-corrected chi connectivity index (χ3v) is 9.95. The molecule has 7 rings (SSSR count). The average Bonchev–Trinajstić information content (AvgIpc) is 3.92. The fourth-order valence-corrected chi connectivity index (χ4v) is 7.10. The van der Waals surface area contributed by atoms with E-state index in [4.69, 9.17) is 23.2 Å². The van der Waals surface area contributed by atoms with Crippen molar-refractivity contribution in [3.63, 3.8) is 0 Å². The highest BCUT2D eigenvalue weighted by Crippen LogP contribution is 2.47. The lowest BCUT2D eigenvalue weighted by Crippen LogP contribution is -2.52. The normalized spacial score (nSPS) is 20.1. The van der Waals surface area contributed by atoms with Gasteiger partial charge in [-0.3, -0.25) is 19.0 Å². The number of benzene rings is 2. The summed E-state index contributed by atoms with van der Waals surface area (Å²) in [6.07, 6.45) is 4.12. The van der Waals surface area contributed by atoms with Crippen molar-refractivity contribution in [3.8, 4) is 6.07 Å². The lowest BCUT2D eigenvalue weighted by atomic mass is 9.91. The Hall–Kier alpha value is -3.99. The van der Waals surface area contributed by atoms with Crippen LogP contribution in [0.2, 0.25) is 10.0 Å². The number of amides is 3. The molecule has 13 heteroatoms. The number of nitrogens with one attached hydrogen (secondary N) is 2. The van der Waals surface area contributed by atoms with Crippen LogP contribution in [-0.2, 0) is 27.1 Å². The van der Waals surface area contributed by atoms with Crippen LogP contribution < -0.4 is 15.5 Å². The Morgan fingerprint density at radius 1 is 1.02 bits per heavy atom. The smallest absolute Gasteiger partial charge is 0.270 e. The monoisotopic (exact) mass is 765 g/mol. The van der Waals surface area contributed by atoms with Crippen LogP contribution in [0.25, 0.3) is 0 Å². The maximum atomic E-state index is 14.3. The summed E-state index contributed by atoms with van der Waals surface area (Å²) in [5.41, 5.74) is -0.298. The van der Waals surface area contributed by atoms with Gasteiger partial charge in [-0.25, -0.2) is 14.9 Å². The first kappa shape index (κ1) is 30.7. The van der Waals surface area contributed by atoms with Crippen LogP contribution in [0.4, 0.5) is 11.6 Å². The van der Waals surface area contributed by atoms with Crippen molar-refractivity contribution in [2.24, 2.45) is 0 Å². The fraction of sp³-hybridized carbons (Fsp3) is 0.273. The molecule has 2 aromatic carbocycles. The molecule has 10 nitrogen and oxygen atoms in total. The van der Waals surface area contributed by atoms with E-state index in [1.54, 1.807) is 54.0 Å². The van der Waals surface area contributed by atoms with E-state index in [1.807, 2.05) is 18.2 Å². The highest BCUT2D eigenvalue weighted by molar-refractivity contribution is 14.1. The van der Waals surface area contributed by atoms with Gasteiger partial charge in [0.05, 0.1) is 34.7 Å². The average molecular weight is 766 g/mol. The number of rotatable bonds is 8. The zero-order chi connectivity index (χ0) is 32.4. The summed E-state index contributed by atoms with van der Waals surface area (Å²) < 4.78 is 2.46. The minimum atomic E-state index is -1.30. The molecular weight excluding hydrogens is 740 g/mol. The van der Waals surface area contributed by atoms with Gasteiger partial charge in [0.2, 0.25) is 11.9 Å². The minimum absolute atomic E-state index is 0.134. The van der Waals surface area contributed by atoms with E-state index in [-0.39, 0.29) is 29.9 Å². The highest BCUT2D eigenvalue weighted by atomic mass is 127. The fourth-order valence-electron chi connectivity index (χ4n) is 6.12. The molecule has 2 fully saturated rings. The van der Waals surface area contributed by atoms with E-state index in [0.717, 1.165) is 27.8 Å². The van der Waals surface area contributed by atoms with Gasteiger partial charge in [0.15, 0.2) is 0 Å². The summed E-state index contributed by atoms with van der Waals surface area (Å²) in [6.45, 7) is 1.74. The molecule has 1 aliphatic heterocycles. The number of fused-ring (bicyclic) bond motifs is 1. The van der Waals surface area contributed by atoms with Gasteiger partial charge < -0.3 is 10.6 Å². The van der Waals surface area contributed by atoms with E-state index in [1.165, 1.54) is 11.1 Å². The Labute approximate surface area is 288 Å². The van der Waals surface area contributed by atoms with Gasteiger partial charge >= 0.3 is 0 Å². The topological polar surface area (TPSA) is 133 Å². The van der Waals surface area contributed by atoms with Gasteiger partial charge in [0.25, 0.3) is 11.8 Å². The number of hydrogen-bond donors (Lipinski definition) is 2. The lowest BCUT2D eigenvalue weighted by molar-refractivity contribution is -0.125. The summed E-state index contributed by atoms with van der Waals surface area (Å²) in [6, 6.07) is 19.5. The predicted octanol–water partition coefficient (Wildman–Crippen LogP) is 5.77. The Kier molecular flexibility index (Phi) is 7.38. The van der Waals surface area contributed by atoms with E-state index in [2.05, 4.69) is 49.3 Å². The molecule has 0 unspecified atom stereocenters. The number of carbonyl (C=O) groups excluding carboxylic acids is 3. The molecule has 1 atom stereocenters. The highest BCUT2D eigenvalue weighted by Gasteiger charge is 2.57. The van der Waals surface area contributed by atoms with Gasteiger partial charge in [-0.05, 0) is 103 Å². The molecule has 3 heterocycles. The number of anilines is 2. The van der Waals surface area contributed by atoms with Gasteiger partial charge in [-0.15, -0.1) is 0 Å². The molecule has 4 aromatic rings. The summed E-state index contributed by atoms with van der Waals surface area (Å²) in [7, 11) is 0. The van der Waals surface area contributed by atoms with Crippen LogP contribution >= 0.6 is 45.8 Å². The second-order valence-electron chi connectivity index (χ2n) is 12.2. The van der Waals surface area contributed by atoms with Crippen molar-refractivity contribution in [1.82, 2.24) is 25.2 Å². The number of halogens is 3. The van der Waals surface area contributed by atoms with E-state index >= 15 is 0 Å². The molecule has 2 aliphatic carbocycles. The van der Waals surface area contributed by atoms with Crippen molar-refractivity contribution in [3.05, 3.63) is 103 Å². The first-order valence-corrected chi connectivity index (χ1v) is 16.5. The molecular formula is C33H26Cl2IN7O3. The Bertz CT molecular complexity index is 1960. The molecule has 0 saturated heterocycles. The molecule has 2 saturated carbocycles. The van der Waals surface area contributed by atoms with Gasteiger partial charge in [0.1, 0.15) is 20.5 Å². The van der Waals surface area contributed by atoms with Gasteiger partial charge in [-0.1, -0.05) is 41.4 Å². The van der Waals surface area contributed by atoms with Crippen molar-refractivity contribution in [1.29, 1.82) is 5.26 Å². The second-order valence-corrected chi connectivity index (χ2v) is 14.2. The molecule has 3 aliphatic rings.